The number of thiophene rings is 1. The molecule has 0 unspecified atom stereocenters. The van der Waals surface area contributed by atoms with Gasteiger partial charge in [-0.2, -0.15) is 5.26 Å². The van der Waals surface area contributed by atoms with E-state index in [9.17, 15) is 23.8 Å². The molecular weight excluding hydrogens is 462 g/mol. The zero-order valence-electron chi connectivity index (χ0n) is 17.8. The molecule has 0 fully saturated rings. The highest BCUT2D eigenvalue weighted by atomic mass is 32.2. The quantitative estimate of drug-likeness (QED) is 0.415. The highest BCUT2D eigenvalue weighted by molar-refractivity contribution is 7.92. The molecule has 2 N–H and O–H groups in total. The van der Waals surface area contributed by atoms with Gasteiger partial charge in [0.05, 0.1) is 27.6 Å². The van der Waals surface area contributed by atoms with E-state index in [-0.39, 0.29) is 17.1 Å². The molecule has 4 rings (SSSR count). The second kappa shape index (κ2) is 8.73. The molecule has 170 valence electrons. The van der Waals surface area contributed by atoms with Crippen molar-refractivity contribution in [3.8, 4) is 6.07 Å². The van der Waals surface area contributed by atoms with Gasteiger partial charge in [0.2, 0.25) is 0 Å². The lowest BCUT2D eigenvalue weighted by molar-refractivity contribution is -0.384. The molecule has 0 saturated heterocycles. The van der Waals surface area contributed by atoms with Crippen molar-refractivity contribution in [3.05, 3.63) is 74.6 Å². The Morgan fingerprint density at radius 2 is 2.00 bits per heavy atom. The van der Waals surface area contributed by atoms with Crippen molar-refractivity contribution in [2.75, 3.05) is 28.0 Å². The molecule has 1 aliphatic heterocycles. The van der Waals surface area contributed by atoms with Crippen molar-refractivity contribution in [2.24, 2.45) is 0 Å². The summed E-state index contributed by atoms with van der Waals surface area (Å²) < 4.78 is 27.8. The van der Waals surface area contributed by atoms with Crippen molar-refractivity contribution < 1.29 is 13.3 Å². The number of rotatable bonds is 6. The van der Waals surface area contributed by atoms with Gasteiger partial charge in [-0.3, -0.25) is 14.4 Å². The molecule has 33 heavy (non-hydrogen) atoms. The van der Waals surface area contributed by atoms with Crippen LogP contribution >= 0.6 is 11.3 Å². The van der Waals surface area contributed by atoms with Gasteiger partial charge in [-0.1, -0.05) is 18.2 Å². The first-order valence-electron chi connectivity index (χ1n) is 10.2. The third-order valence-corrected chi connectivity index (χ3v) is 8.54. The molecule has 0 radical (unpaired) electrons. The Morgan fingerprint density at radius 3 is 2.64 bits per heavy atom. The van der Waals surface area contributed by atoms with Gasteiger partial charge in [0, 0.05) is 24.0 Å². The zero-order valence-corrected chi connectivity index (χ0v) is 19.4. The summed E-state index contributed by atoms with van der Waals surface area (Å²) >= 11 is 1.31. The van der Waals surface area contributed by atoms with Crippen LogP contribution in [0, 0.1) is 21.4 Å². The number of anilines is 3. The number of fused-ring (bicyclic) bond motifs is 1. The molecule has 2 aromatic carbocycles. The van der Waals surface area contributed by atoms with Gasteiger partial charge < -0.3 is 10.6 Å². The van der Waals surface area contributed by atoms with Crippen LogP contribution in [0.2, 0.25) is 0 Å². The predicted molar refractivity (Wildman–Crippen MR) is 128 cm³/mol. The van der Waals surface area contributed by atoms with Crippen LogP contribution in [0.5, 0.6) is 0 Å². The average Bonchev–Trinajstić information content (AvgIpc) is 3.13. The Labute approximate surface area is 195 Å². The van der Waals surface area contributed by atoms with Crippen LogP contribution in [0.25, 0.3) is 0 Å². The molecule has 11 heteroatoms. The van der Waals surface area contributed by atoms with Gasteiger partial charge in [0.1, 0.15) is 16.8 Å². The van der Waals surface area contributed by atoms with Gasteiger partial charge in [-0.15, -0.1) is 11.3 Å². The SMILES string of the molecule is CCN(c1ccccc1)S(=O)(=O)c1ccc(N2CCc3c(sc(N)c3C#N)C2)c([N+](=O)[O-])c1. The Balaban J connectivity index is 1.72. The largest absolute Gasteiger partial charge is 0.389 e. The average molecular weight is 484 g/mol. The number of nitriles is 1. The van der Waals surface area contributed by atoms with E-state index >= 15 is 0 Å². The minimum atomic E-state index is -4.00. The molecule has 0 spiro atoms. The number of nitro groups is 1. The van der Waals surface area contributed by atoms with E-state index in [1.807, 2.05) is 4.90 Å². The molecule has 3 aromatic rings. The highest BCUT2D eigenvalue weighted by Crippen LogP contribution is 2.39. The maximum absolute atomic E-state index is 13.3. The summed E-state index contributed by atoms with van der Waals surface area (Å²) in [4.78, 5) is 13.9. The van der Waals surface area contributed by atoms with Crippen LogP contribution in [0.4, 0.5) is 22.1 Å². The van der Waals surface area contributed by atoms with Gasteiger partial charge in [-0.25, -0.2) is 8.42 Å². The topological polar surface area (TPSA) is 134 Å². The zero-order chi connectivity index (χ0) is 23.8. The number of hydrogen-bond acceptors (Lipinski definition) is 8. The lowest BCUT2D eigenvalue weighted by atomic mass is 10.0. The van der Waals surface area contributed by atoms with E-state index in [2.05, 4.69) is 6.07 Å². The fraction of sp³-hybridized carbons (Fsp3) is 0.227. The molecule has 0 saturated carbocycles. The lowest BCUT2D eigenvalue weighted by Gasteiger charge is -2.29. The minimum absolute atomic E-state index is 0.145. The Hall–Kier alpha value is -3.62. The number of nitrogens with zero attached hydrogens (tertiary/aromatic N) is 4. The summed E-state index contributed by atoms with van der Waals surface area (Å²) in [5, 5.41) is 21.7. The summed E-state index contributed by atoms with van der Waals surface area (Å²) in [6.07, 6.45) is 0.529. The summed E-state index contributed by atoms with van der Waals surface area (Å²) in [5.41, 5.74) is 7.85. The molecular formula is C22H21N5O4S2. The number of nitro benzene ring substituents is 1. The fourth-order valence-electron chi connectivity index (χ4n) is 4.04. The van der Waals surface area contributed by atoms with Crippen molar-refractivity contribution in [2.45, 2.75) is 24.8 Å². The monoisotopic (exact) mass is 483 g/mol. The number of benzene rings is 2. The minimum Gasteiger partial charge on any atom is -0.389 e. The number of nitrogen functional groups attached to an aromatic ring is 1. The normalized spacial score (nSPS) is 13.3. The number of sulfonamides is 1. The van der Waals surface area contributed by atoms with Crippen LogP contribution in [-0.4, -0.2) is 26.4 Å². The van der Waals surface area contributed by atoms with E-state index in [4.69, 9.17) is 5.73 Å². The van der Waals surface area contributed by atoms with Crippen LogP contribution in [-0.2, 0) is 23.0 Å². The molecule has 0 bridgehead atoms. The molecule has 2 heterocycles. The maximum Gasteiger partial charge on any atom is 0.293 e. The van der Waals surface area contributed by atoms with Crippen molar-refractivity contribution >= 4 is 43.4 Å². The van der Waals surface area contributed by atoms with Crippen molar-refractivity contribution in [1.82, 2.24) is 0 Å². The first-order chi connectivity index (χ1) is 15.8. The van der Waals surface area contributed by atoms with Crippen LogP contribution in [0.15, 0.2) is 53.4 Å². The van der Waals surface area contributed by atoms with Crippen molar-refractivity contribution in [1.29, 1.82) is 5.26 Å². The molecule has 0 aliphatic carbocycles. The Morgan fingerprint density at radius 1 is 1.27 bits per heavy atom. The second-order valence-electron chi connectivity index (χ2n) is 7.44. The van der Waals surface area contributed by atoms with E-state index in [1.165, 1.54) is 27.8 Å². The third-order valence-electron chi connectivity index (χ3n) is 5.60. The lowest BCUT2D eigenvalue weighted by Crippen LogP contribution is -2.32. The predicted octanol–water partition coefficient (Wildman–Crippen LogP) is 3.89. The summed E-state index contributed by atoms with van der Waals surface area (Å²) in [7, 11) is -4.00. The van der Waals surface area contributed by atoms with E-state index < -0.39 is 14.9 Å². The first kappa shape index (κ1) is 22.6. The van der Waals surface area contributed by atoms with Gasteiger partial charge >= 0.3 is 0 Å². The van der Waals surface area contributed by atoms with Gasteiger partial charge in [-0.05, 0) is 43.2 Å². The standard InChI is InChI=1S/C22H21N5O4S2/c1-2-26(15-6-4-3-5-7-15)33(30,31)16-8-9-19(20(12-16)27(28)29)25-11-10-17-18(13-23)22(24)32-21(17)14-25/h3-9,12H,2,10-11,14,24H2,1H3. The van der Waals surface area contributed by atoms with Crippen molar-refractivity contribution in [3.63, 3.8) is 0 Å². The summed E-state index contributed by atoms with van der Waals surface area (Å²) in [6.45, 7) is 2.71. The fourth-order valence-corrected chi connectivity index (χ4v) is 6.62. The van der Waals surface area contributed by atoms with E-state index in [0.29, 0.717) is 41.4 Å². The van der Waals surface area contributed by atoms with Gasteiger partial charge in [0.15, 0.2) is 0 Å². The smallest absolute Gasteiger partial charge is 0.293 e. The van der Waals surface area contributed by atoms with E-state index in [0.717, 1.165) is 16.5 Å². The number of para-hydroxylation sites is 1. The van der Waals surface area contributed by atoms with Crippen LogP contribution in [0.1, 0.15) is 22.9 Å². The first-order valence-corrected chi connectivity index (χ1v) is 12.4. The highest BCUT2D eigenvalue weighted by Gasteiger charge is 2.31. The summed E-state index contributed by atoms with van der Waals surface area (Å²) in [6, 6.07) is 14.7. The van der Waals surface area contributed by atoms with Crippen LogP contribution < -0.4 is 14.9 Å². The third kappa shape index (κ3) is 3.99. The Bertz CT molecular complexity index is 1360. The molecule has 0 amide bonds. The maximum atomic E-state index is 13.3. The van der Waals surface area contributed by atoms with E-state index in [1.54, 1.807) is 37.3 Å². The molecule has 1 aromatic heterocycles. The number of nitrogens with two attached hydrogens (primary N) is 1. The number of hydrogen-bond donors (Lipinski definition) is 1. The molecule has 9 nitrogen and oxygen atoms in total. The molecule has 1 aliphatic rings. The Kier molecular flexibility index (Phi) is 5.97. The second-order valence-corrected chi connectivity index (χ2v) is 10.4. The van der Waals surface area contributed by atoms with Crippen LogP contribution in [0.3, 0.4) is 0 Å². The van der Waals surface area contributed by atoms with Gasteiger partial charge in [0.25, 0.3) is 15.7 Å². The summed E-state index contributed by atoms with van der Waals surface area (Å²) in [5.74, 6) is 0. The molecule has 0 atom stereocenters.